The molecule has 0 N–H and O–H groups in total. The number of ether oxygens (including phenoxy) is 1. The molecule has 2 aromatic rings. The van der Waals surface area contributed by atoms with Crippen molar-refractivity contribution in [2.45, 2.75) is 69.8 Å². The first-order chi connectivity index (χ1) is 15.6. The summed E-state index contributed by atoms with van der Waals surface area (Å²) < 4.78 is 80.1. The first kappa shape index (κ1) is 25.0. The molecular weight excluding hydrogens is 442 g/mol. The van der Waals surface area contributed by atoms with E-state index in [-0.39, 0.29) is 0 Å². The molecule has 1 fully saturated rings. The minimum absolute atomic E-state index is 0.455. The van der Waals surface area contributed by atoms with Gasteiger partial charge in [-0.05, 0) is 79.5 Å². The summed E-state index contributed by atoms with van der Waals surface area (Å²) in [7, 11) is 0. The smallest absolute Gasteiger partial charge is 0.430 e. The molecule has 178 valence electrons. The van der Waals surface area contributed by atoms with Gasteiger partial charge in [-0.2, -0.15) is 22.0 Å². The van der Waals surface area contributed by atoms with E-state index in [0.717, 1.165) is 23.6 Å². The fourth-order valence-corrected chi connectivity index (χ4v) is 4.18. The van der Waals surface area contributed by atoms with E-state index < -0.39 is 24.2 Å². The second-order valence-electron chi connectivity index (χ2n) is 8.47. The highest BCUT2D eigenvalue weighted by Crippen LogP contribution is 2.38. The molecule has 1 aliphatic rings. The Morgan fingerprint density at radius 2 is 1.36 bits per heavy atom. The zero-order chi connectivity index (χ0) is 24.1. The highest BCUT2D eigenvalue weighted by atomic mass is 19.4. The van der Waals surface area contributed by atoms with Gasteiger partial charge in [0.1, 0.15) is 5.75 Å². The molecular formula is C26H26F6O. The summed E-state index contributed by atoms with van der Waals surface area (Å²) in [6, 6.07) is 12.8. The lowest BCUT2D eigenvalue weighted by atomic mass is 9.77. The van der Waals surface area contributed by atoms with E-state index in [4.69, 9.17) is 0 Å². The average Bonchev–Trinajstić information content (AvgIpc) is 2.78. The van der Waals surface area contributed by atoms with Crippen molar-refractivity contribution in [2.75, 3.05) is 0 Å². The van der Waals surface area contributed by atoms with Crippen molar-refractivity contribution >= 4 is 0 Å². The largest absolute Gasteiger partial charge is 0.439 e. The zero-order valence-corrected chi connectivity index (χ0v) is 18.3. The van der Waals surface area contributed by atoms with Crippen LogP contribution in [0.5, 0.6) is 5.75 Å². The summed E-state index contributed by atoms with van der Waals surface area (Å²) >= 11 is 0. The van der Waals surface area contributed by atoms with E-state index in [1.165, 1.54) is 56.2 Å². The molecule has 0 saturated heterocycles. The van der Waals surface area contributed by atoms with Crippen molar-refractivity contribution in [3.63, 3.8) is 0 Å². The highest BCUT2D eigenvalue weighted by molar-refractivity contribution is 5.45. The van der Waals surface area contributed by atoms with Crippen LogP contribution >= 0.6 is 0 Å². The van der Waals surface area contributed by atoms with E-state index in [1.54, 1.807) is 0 Å². The number of hydrogen-bond donors (Lipinski definition) is 0. The normalized spacial score (nSPS) is 20.0. The SMILES string of the molecule is CCCC1CCC(c2ccc(C#Cc3ccc(OC(F)(F)C(F)C(F)(F)F)cc3)cc2)CC1. The van der Waals surface area contributed by atoms with E-state index in [2.05, 4.69) is 35.6 Å². The minimum Gasteiger partial charge on any atom is -0.430 e. The standard InChI is InChI=1S/C26H26F6O/c1-2-3-18-6-12-21(13-7-18)22-14-8-19(9-15-22)4-5-20-10-16-23(17-11-20)33-26(31,32)24(27)25(28,29)30/h8-11,14-18,21,24H,2-3,6-7,12-13H2,1H3. The molecule has 1 nitrogen and oxygen atoms in total. The van der Waals surface area contributed by atoms with Gasteiger partial charge in [-0.3, -0.25) is 0 Å². The first-order valence-corrected chi connectivity index (χ1v) is 11.1. The number of hydrogen-bond acceptors (Lipinski definition) is 1. The van der Waals surface area contributed by atoms with Crippen LogP contribution in [0.4, 0.5) is 26.3 Å². The molecule has 3 rings (SSSR count). The van der Waals surface area contributed by atoms with Crippen molar-refractivity contribution < 1.29 is 31.1 Å². The number of alkyl halides is 6. The monoisotopic (exact) mass is 468 g/mol. The summed E-state index contributed by atoms with van der Waals surface area (Å²) in [6.07, 6.45) is -7.67. The summed E-state index contributed by atoms with van der Waals surface area (Å²) in [6.45, 7) is 2.23. The van der Waals surface area contributed by atoms with Gasteiger partial charge in [0.05, 0.1) is 0 Å². The second-order valence-corrected chi connectivity index (χ2v) is 8.47. The van der Waals surface area contributed by atoms with E-state index in [9.17, 15) is 26.3 Å². The van der Waals surface area contributed by atoms with Crippen molar-refractivity contribution in [2.24, 2.45) is 5.92 Å². The van der Waals surface area contributed by atoms with Crippen LogP contribution in [0.1, 0.15) is 68.1 Å². The minimum atomic E-state index is -5.72. The first-order valence-electron chi connectivity index (χ1n) is 11.1. The van der Waals surface area contributed by atoms with Crippen LogP contribution < -0.4 is 4.74 Å². The Morgan fingerprint density at radius 3 is 1.85 bits per heavy atom. The van der Waals surface area contributed by atoms with Crippen LogP contribution in [0.3, 0.4) is 0 Å². The van der Waals surface area contributed by atoms with Crippen LogP contribution in [0.15, 0.2) is 48.5 Å². The lowest BCUT2D eigenvalue weighted by Gasteiger charge is -2.28. The maximum absolute atomic E-state index is 13.3. The Kier molecular flexibility index (Phi) is 7.99. The highest BCUT2D eigenvalue weighted by Gasteiger charge is 2.59. The van der Waals surface area contributed by atoms with Gasteiger partial charge in [-0.15, -0.1) is 0 Å². The van der Waals surface area contributed by atoms with Crippen molar-refractivity contribution in [1.82, 2.24) is 0 Å². The third kappa shape index (κ3) is 6.93. The van der Waals surface area contributed by atoms with E-state index in [0.29, 0.717) is 11.5 Å². The van der Waals surface area contributed by atoms with Crippen LogP contribution in [0.25, 0.3) is 0 Å². The summed E-state index contributed by atoms with van der Waals surface area (Å²) in [5.41, 5.74) is 2.55. The molecule has 1 unspecified atom stereocenters. The zero-order valence-electron chi connectivity index (χ0n) is 18.3. The molecule has 0 amide bonds. The molecule has 0 aromatic heterocycles. The second kappa shape index (κ2) is 10.5. The number of rotatable bonds is 6. The van der Waals surface area contributed by atoms with Gasteiger partial charge in [-0.25, -0.2) is 4.39 Å². The summed E-state index contributed by atoms with van der Waals surface area (Å²) in [5.74, 6) is 6.68. The van der Waals surface area contributed by atoms with Gasteiger partial charge >= 0.3 is 12.3 Å². The van der Waals surface area contributed by atoms with Gasteiger partial charge in [0, 0.05) is 11.1 Å². The lowest BCUT2D eigenvalue weighted by molar-refractivity contribution is -0.304. The van der Waals surface area contributed by atoms with Gasteiger partial charge in [-0.1, -0.05) is 43.7 Å². The Bertz CT molecular complexity index is 946. The molecule has 0 bridgehead atoms. The van der Waals surface area contributed by atoms with Crippen LogP contribution in [-0.2, 0) is 0 Å². The van der Waals surface area contributed by atoms with Gasteiger partial charge < -0.3 is 4.74 Å². The van der Waals surface area contributed by atoms with Gasteiger partial charge in [0.25, 0.3) is 6.17 Å². The maximum atomic E-state index is 13.3. The summed E-state index contributed by atoms with van der Waals surface area (Å²) in [4.78, 5) is 0. The Hall–Kier alpha value is -2.62. The number of benzene rings is 2. The topological polar surface area (TPSA) is 9.23 Å². The Morgan fingerprint density at radius 1 is 0.848 bits per heavy atom. The Labute approximate surface area is 190 Å². The average molecular weight is 468 g/mol. The summed E-state index contributed by atoms with van der Waals surface area (Å²) in [5, 5.41) is 0. The van der Waals surface area contributed by atoms with Crippen molar-refractivity contribution in [3.8, 4) is 17.6 Å². The van der Waals surface area contributed by atoms with Gasteiger partial charge in [0.2, 0.25) is 0 Å². The molecule has 0 heterocycles. The van der Waals surface area contributed by atoms with Crippen LogP contribution in [0.2, 0.25) is 0 Å². The van der Waals surface area contributed by atoms with Crippen molar-refractivity contribution in [1.29, 1.82) is 0 Å². The van der Waals surface area contributed by atoms with E-state index >= 15 is 0 Å². The van der Waals surface area contributed by atoms with Gasteiger partial charge in [0.15, 0.2) is 0 Å². The molecule has 33 heavy (non-hydrogen) atoms. The fraction of sp³-hybridized carbons (Fsp3) is 0.462. The fourth-order valence-electron chi connectivity index (χ4n) is 4.18. The van der Waals surface area contributed by atoms with Crippen LogP contribution in [0, 0.1) is 17.8 Å². The predicted octanol–water partition coefficient (Wildman–Crippen LogP) is 8.03. The Balaban J connectivity index is 1.58. The molecule has 1 atom stereocenters. The van der Waals surface area contributed by atoms with E-state index in [1.807, 2.05) is 12.1 Å². The predicted molar refractivity (Wildman–Crippen MR) is 115 cm³/mol. The van der Waals surface area contributed by atoms with Crippen molar-refractivity contribution in [3.05, 3.63) is 65.2 Å². The molecule has 0 radical (unpaired) electrons. The number of halogens is 6. The molecule has 7 heteroatoms. The maximum Gasteiger partial charge on any atom is 0.439 e. The molecule has 1 aliphatic carbocycles. The van der Waals surface area contributed by atoms with Crippen LogP contribution in [-0.4, -0.2) is 18.5 Å². The lowest BCUT2D eigenvalue weighted by Crippen LogP contribution is -2.45. The third-order valence-electron chi connectivity index (χ3n) is 5.97. The molecule has 2 aromatic carbocycles. The molecule has 1 saturated carbocycles. The molecule has 0 spiro atoms. The third-order valence-corrected chi connectivity index (χ3v) is 5.97. The quantitative estimate of drug-likeness (QED) is 0.308. The molecule has 0 aliphatic heterocycles.